The van der Waals surface area contributed by atoms with Gasteiger partial charge in [-0.25, -0.2) is 9.78 Å². The molecule has 1 aromatic carbocycles. The molecule has 3 rings (SSSR count). The molecule has 4 nitrogen and oxygen atoms in total. The van der Waals surface area contributed by atoms with Crippen molar-refractivity contribution in [2.75, 3.05) is 0 Å². The summed E-state index contributed by atoms with van der Waals surface area (Å²) < 4.78 is 0. The number of rotatable bonds is 3. The summed E-state index contributed by atoms with van der Waals surface area (Å²) in [4.78, 5) is 16.3. The molecule has 5 heteroatoms. The van der Waals surface area contributed by atoms with E-state index in [1.54, 1.807) is 17.5 Å². The van der Waals surface area contributed by atoms with E-state index in [9.17, 15) is 4.79 Å². The van der Waals surface area contributed by atoms with Crippen LogP contribution in [0.1, 0.15) is 35.5 Å². The molecule has 2 atom stereocenters. The van der Waals surface area contributed by atoms with E-state index in [4.69, 9.17) is 0 Å². The fourth-order valence-electron chi connectivity index (χ4n) is 2.75. The van der Waals surface area contributed by atoms with E-state index in [1.807, 2.05) is 12.3 Å². The minimum atomic E-state index is -0.109. The first-order valence-electron chi connectivity index (χ1n) is 7.25. The lowest BCUT2D eigenvalue weighted by atomic mass is 9.88. The number of hydrogen-bond acceptors (Lipinski definition) is 3. The van der Waals surface area contributed by atoms with Crippen molar-refractivity contribution in [3.63, 3.8) is 0 Å². The highest BCUT2D eigenvalue weighted by atomic mass is 32.1. The summed E-state index contributed by atoms with van der Waals surface area (Å²) in [7, 11) is 0. The number of nitrogens with one attached hydrogen (secondary N) is 2. The maximum absolute atomic E-state index is 12.1. The Morgan fingerprint density at radius 1 is 1.38 bits per heavy atom. The quantitative estimate of drug-likeness (QED) is 0.915. The van der Waals surface area contributed by atoms with Crippen LogP contribution in [0.3, 0.4) is 0 Å². The molecule has 0 spiro atoms. The summed E-state index contributed by atoms with van der Waals surface area (Å²) >= 11 is 1.56. The Kier molecular flexibility index (Phi) is 4.20. The minimum Gasteiger partial charge on any atom is -0.335 e. The van der Waals surface area contributed by atoms with Gasteiger partial charge in [-0.3, -0.25) is 0 Å². The van der Waals surface area contributed by atoms with Gasteiger partial charge in [-0.05, 0) is 37.3 Å². The molecular weight excluding hydrogens is 282 g/mol. The lowest BCUT2D eigenvalue weighted by molar-refractivity contribution is 0.232. The van der Waals surface area contributed by atoms with Crippen LogP contribution in [0.2, 0.25) is 0 Å². The molecule has 0 aliphatic heterocycles. The molecule has 1 aromatic heterocycles. The number of benzene rings is 1. The third-order valence-electron chi connectivity index (χ3n) is 3.85. The van der Waals surface area contributed by atoms with Crippen molar-refractivity contribution in [3.8, 4) is 0 Å². The van der Waals surface area contributed by atoms with Crippen molar-refractivity contribution in [2.24, 2.45) is 0 Å². The van der Waals surface area contributed by atoms with Gasteiger partial charge in [-0.1, -0.05) is 24.3 Å². The van der Waals surface area contributed by atoms with Gasteiger partial charge >= 0.3 is 6.03 Å². The SMILES string of the molecule is C[C@H](NC(=O)N[C@H]1CCc2ccccc2C1)c1nccs1. The molecule has 1 heterocycles. The highest BCUT2D eigenvalue weighted by Gasteiger charge is 2.20. The molecule has 0 radical (unpaired) electrons. The lowest BCUT2D eigenvalue weighted by Crippen LogP contribution is -2.45. The summed E-state index contributed by atoms with van der Waals surface area (Å²) in [6.45, 7) is 1.95. The van der Waals surface area contributed by atoms with Crippen LogP contribution in [0.5, 0.6) is 0 Å². The van der Waals surface area contributed by atoms with E-state index in [1.165, 1.54) is 11.1 Å². The zero-order valence-electron chi connectivity index (χ0n) is 12.0. The minimum absolute atomic E-state index is 0.0547. The fourth-order valence-corrected chi connectivity index (χ4v) is 3.40. The van der Waals surface area contributed by atoms with Gasteiger partial charge in [0, 0.05) is 17.6 Å². The highest BCUT2D eigenvalue weighted by molar-refractivity contribution is 7.09. The molecule has 0 saturated carbocycles. The van der Waals surface area contributed by atoms with Crippen LogP contribution < -0.4 is 10.6 Å². The molecule has 2 aromatic rings. The van der Waals surface area contributed by atoms with Crippen LogP contribution in [0.25, 0.3) is 0 Å². The smallest absolute Gasteiger partial charge is 0.315 e. The molecule has 0 fully saturated rings. The Bertz CT molecular complexity index is 612. The molecule has 1 aliphatic rings. The molecule has 0 bridgehead atoms. The molecule has 0 unspecified atom stereocenters. The topological polar surface area (TPSA) is 54.0 Å². The number of thiazole rings is 1. The third-order valence-corrected chi connectivity index (χ3v) is 4.81. The predicted octanol–water partition coefficient (Wildman–Crippen LogP) is 3.06. The van der Waals surface area contributed by atoms with Crippen LogP contribution in [-0.2, 0) is 12.8 Å². The van der Waals surface area contributed by atoms with Crippen LogP contribution >= 0.6 is 11.3 Å². The summed E-state index contributed by atoms with van der Waals surface area (Å²) in [5.41, 5.74) is 2.76. The zero-order chi connectivity index (χ0) is 14.7. The first-order valence-corrected chi connectivity index (χ1v) is 8.13. The van der Waals surface area contributed by atoms with Crippen LogP contribution in [0, 0.1) is 0 Å². The lowest BCUT2D eigenvalue weighted by Gasteiger charge is -2.26. The number of carbonyl (C=O) groups is 1. The zero-order valence-corrected chi connectivity index (χ0v) is 12.8. The number of aromatic nitrogens is 1. The largest absolute Gasteiger partial charge is 0.335 e. The van der Waals surface area contributed by atoms with E-state index in [0.29, 0.717) is 0 Å². The summed E-state index contributed by atoms with van der Waals surface area (Å²) in [5, 5.41) is 8.88. The van der Waals surface area contributed by atoms with Crippen molar-refractivity contribution in [2.45, 2.75) is 38.3 Å². The third kappa shape index (κ3) is 3.42. The summed E-state index contributed by atoms with van der Waals surface area (Å²) in [6, 6.07) is 8.52. The van der Waals surface area contributed by atoms with Gasteiger partial charge in [0.2, 0.25) is 0 Å². The fraction of sp³-hybridized carbons (Fsp3) is 0.375. The second-order valence-corrected chi connectivity index (χ2v) is 6.34. The predicted molar refractivity (Wildman–Crippen MR) is 84.5 cm³/mol. The van der Waals surface area contributed by atoms with E-state index in [0.717, 1.165) is 24.3 Å². The molecule has 21 heavy (non-hydrogen) atoms. The first-order chi connectivity index (χ1) is 10.2. The number of carbonyl (C=O) groups excluding carboxylic acids is 1. The maximum atomic E-state index is 12.1. The van der Waals surface area contributed by atoms with Gasteiger partial charge in [-0.2, -0.15) is 0 Å². The normalized spacial score (nSPS) is 18.6. The van der Waals surface area contributed by atoms with Crippen LogP contribution in [-0.4, -0.2) is 17.1 Å². The Hall–Kier alpha value is -1.88. The second kappa shape index (κ2) is 6.26. The van der Waals surface area contributed by atoms with E-state index in [-0.39, 0.29) is 18.1 Å². The summed E-state index contributed by atoms with van der Waals surface area (Å²) in [6.07, 6.45) is 4.70. The van der Waals surface area contributed by atoms with Gasteiger partial charge in [0.1, 0.15) is 5.01 Å². The Morgan fingerprint density at radius 2 is 2.19 bits per heavy atom. The van der Waals surface area contributed by atoms with Gasteiger partial charge < -0.3 is 10.6 Å². The Balaban J connectivity index is 1.54. The number of fused-ring (bicyclic) bond motifs is 1. The number of hydrogen-bond donors (Lipinski definition) is 2. The molecule has 1 aliphatic carbocycles. The summed E-state index contributed by atoms with van der Waals surface area (Å²) in [5.74, 6) is 0. The van der Waals surface area contributed by atoms with Crippen LogP contribution in [0.4, 0.5) is 4.79 Å². The Morgan fingerprint density at radius 3 is 2.95 bits per heavy atom. The molecule has 0 saturated heterocycles. The van der Waals surface area contributed by atoms with Crippen molar-refractivity contribution >= 4 is 17.4 Å². The molecule has 110 valence electrons. The van der Waals surface area contributed by atoms with Crippen molar-refractivity contribution in [1.29, 1.82) is 0 Å². The first kappa shape index (κ1) is 14.1. The van der Waals surface area contributed by atoms with Gasteiger partial charge in [0.25, 0.3) is 0 Å². The number of amides is 2. The van der Waals surface area contributed by atoms with Gasteiger partial charge in [0.15, 0.2) is 0 Å². The number of urea groups is 1. The highest BCUT2D eigenvalue weighted by Crippen LogP contribution is 2.21. The Labute approximate surface area is 128 Å². The van der Waals surface area contributed by atoms with Crippen molar-refractivity contribution in [1.82, 2.24) is 15.6 Å². The van der Waals surface area contributed by atoms with Crippen molar-refractivity contribution < 1.29 is 4.79 Å². The standard InChI is InChI=1S/C16H19N3OS/c1-11(15-17-8-9-21-15)18-16(20)19-14-7-6-12-4-2-3-5-13(12)10-14/h2-5,8-9,11,14H,6-7,10H2,1H3,(H2,18,19,20)/t11-,14-/m0/s1. The average Bonchev–Trinajstić information content (AvgIpc) is 3.01. The average molecular weight is 301 g/mol. The molecule has 2 amide bonds. The van der Waals surface area contributed by atoms with E-state index < -0.39 is 0 Å². The van der Waals surface area contributed by atoms with Gasteiger partial charge in [-0.15, -0.1) is 11.3 Å². The van der Waals surface area contributed by atoms with Gasteiger partial charge in [0.05, 0.1) is 6.04 Å². The van der Waals surface area contributed by atoms with E-state index in [2.05, 4.69) is 39.9 Å². The maximum Gasteiger partial charge on any atom is 0.315 e. The number of aryl methyl sites for hydroxylation is 1. The molecular formula is C16H19N3OS. The number of nitrogens with zero attached hydrogens (tertiary/aromatic N) is 1. The second-order valence-electron chi connectivity index (χ2n) is 5.42. The monoisotopic (exact) mass is 301 g/mol. The van der Waals surface area contributed by atoms with E-state index >= 15 is 0 Å². The van der Waals surface area contributed by atoms with Crippen molar-refractivity contribution in [3.05, 3.63) is 52.0 Å². The van der Waals surface area contributed by atoms with Crippen LogP contribution in [0.15, 0.2) is 35.8 Å². The molecule has 2 N–H and O–H groups in total.